The molecule has 1 fully saturated rings. The molecule has 2 N–H and O–H groups in total. The molecule has 5 heterocycles. The normalized spacial score (nSPS) is 20.2. The highest BCUT2D eigenvalue weighted by molar-refractivity contribution is 6.06. The topological polar surface area (TPSA) is 109 Å². The van der Waals surface area contributed by atoms with Crippen LogP contribution in [0.25, 0.3) is 21.9 Å². The van der Waals surface area contributed by atoms with Crippen molar-refractivity contribution in [2.24, 2.45) is 5.92 Å². The van der Waals surface area contributed by atoms with Gasteiger partial charge in [0, 0.05) is 48.5 Å². The number of aromatic nitrogens is 5. The minimum absolute atomic E-state index is 0.252. The second-order valence-electron chi connectivity index (χ2n) is 9.79. The molecular formula is C26H29N7O2. The van der Waals surface area contributed by atoms with Crippen molar-refractivity contribution >= 4 is 39.6 Å². The summed E-state index contributed by atoms with van der Waals surface area (Å²) < 4.78 is 2.36. The summed E-state index contributed by atoms with van der Waals surface area (Å²) in [4.78, 5) is 32.0. The largest absolute Gasteiger partial charge is 0.387 e. The van der Waals surface area contributed by atoms with Crippen molar-refractivity contribution in [2.75, 3.05) is 18.5 Å². The van der Waals surface area contributed by atoms with Crippen LogP contribution < -0.4 is 5.32 Å². The lowest BCUT2D eigenvalue weighted by Gasteiger charge is -2.28. The Morgan fingerprint density at radius 3 is 2.80 bits per heavy atom. The Balaban J connectivity index is 1.33. The third-order valence-electron chi connectivity index (χ3n) is 7.52. The van der Waals surface area contributed by atoms with Gasteiger partial charge in [0.1, 0.15) is 18.1 Å². The van der Waals surface area contributed by atoms with Crippen LogP contribution in [0.4, 0.5) is 11.8 Å². The van der Waals surface area contributed by atoms with E-state index < -0.39 is 6.61 Å². The van der Waals surface area contributed by atoms with Crippen LogP contribution in [-0.4, -0.2) is 53.6 Å². The lowest BCUT2D eigenvalue weighted by Crippen LogP contribution is -2.37. The molecule has 4 aromatic heterocycles. The third-order valence-corrected chi connectivity index (χ3v) is 7.52. The van der Waals surface area contributed by atoms with Crippen LogP contribution in [-0.2, 0) is 17.8 Å². The highest BCUT2D eigenvalue weighted by atomic mass is 16.3. The lowest BCUT2D eigenvalue weighted by atomic mass is 9.87. The van der Waals surface area contributed by atoms with E-state index >= 15 is 0 Å². The number of hydrogen-bond acceptors (Lipinski definition) is 7. The van der Waals surface area contributed by atoms with E-state index in [1.165, 1.54) is 12.8 Å². The Kier molecular flexibility index (Phi) is 5.56. The predicted octanol–water partition coefficient (Wildman–Crippen LogP) is 3.75. The summed E-state index contributed by atoms with van der Waals surface area (Å²) in [6, 6.07) is 4.46. The van der Waals surface area contributed by atoms with Gasteiger partial charge >= 0.3 is 0 Å². The molecule has 180 valence electrons. The van der Waals surface area contributed by atoms with E-state index in [2.05, 4.69) is 31.8 Å². The van der Waals surface area contributed by atoms with Gasteiger partial charge in [-0.3, -0.25) is 9.78 Å². The summed E-state index contributed by atoms with van der Waals surface area (Å²) >= 11 is 0. The molecule has 0 saturated heterocycles. The van der Waals surface area contributed by atoms with Crippen molar-refractivity contribution in [3.8, 4) is 0 Å². The van der Waals surface area contributed by atoms with E-state index in [1.807, 2.05) is 30.7 Å². The molecule has 1 aliphatic carbocycles. The molecule has 9 nitrogen and oxygen atoms in total. The molecule has 2 aliphatic rings. The summed E-state index contributed by atoms with van der Waals surface area (Å²) in [5, 5.41) is 14.6. The first kappa shape index (κ1) is 21.9. The molecule has 0 atom stereocenters. The first-order valence-corrected chi connectivity index (χ1v) is 12.3. The van der Waals surface area contributed by atoms with Crippen molar-refractivity contribution in [2.45, 2.75) is 51.6 Å². The van der Waals surface area contributed by atoms with Gasteiger partial charge in [0.05, 0.1) is 11.7 Å². The van der Waals surface area contributed by atoms with Crippen LogP contribution in [0.2, 0.25) is 0 Å². The molecule has 0 aromatic carbocycles. The number of rotatable bonds is 4. The Hall–Kier alpha value is -3.59. The van der Waals surface area contributed by atoms with Crippen LogP contribution in [0.5, 0.6) is 0 Å². The summed E-state index contributed by atoms with van der Waals surface area (Å²) in [5.74, 6) is 1.71. The van der Waals surface area contributed by atoms with Gasteiger partial charge in [0.2, 0.25) is 11.9 Å². The number of pyridine rings is 2. The van der Waals surface area contributed by atoms with E-state index in [-0.39, 0.29) is 5.91 Å². The standard InChI is InChI=1S/C26H29N7O2/c1-16-2-4-19(5-3-16)33-22-13-27-8-6-20(22)21-12-29-26(31-25(21)33)30-23-10-17-7-9-32(24(35)15-34)14-18(17)11-28-23/h6,8,10-13,16,19,34H,2-5,7,9,14-15H2,1H3,(H,28,29,30,31)/t16-,19-. The molecule has 1 amide bonds. The minimum Gasteiger partial charge on any atom is -0.387 e. The van der Waals surface area contributed by atoms with E-state index in [0.717, 1.165) is 58.2 Å². The number of anilines is 2. The second kappa shape index (κ2) is 8.88. The molecule has 1 saturated carbocycles. The van der Waals surface area contributed by atoms with Gasteiger partial charge in [-0.05, 0) is 61.3 Å². The van der Waals surface area contributed by atoms with Crippen molar-refractivity contribution in [1.29, 1.82) is 0 Å². The fraction of sp³-hybridized carbons (Fsp3) is 0.423. The summed E-state index contributed by atoms with van der Waals surface area (Å²) in [5.41, 5.74) is 4.18. The maximum absolute atomic E-state index is 11.8. The number of amides is 1. The lowest BCUT2D eigenvalue weighted by molar-refractivity contribution is -0.135. The summed E-state index contributed by atoms with van der Waals surface area (Å²) in [6.45, 7) is 2.93. The number of nitrogens with zero attached hydrogens (tertiary/aromatic N) is 6. The summed E-state index contributed by atoms with van der Waals surface area (Å²) in [7, 11) is 0. The van der Waals surface area contributed by atoms with Crippen molar-refractivity contribution in [3.05, 3.63) is 48.0 Å². The number of hydrogen-bond donors (Lipinski definition) is 2. The number of aliphatic hydroxyl groups is 1. The molecule has 0 unspecified atom stereocenters. The fourth-order valence-corrected chi connectivity index (χ4v) is 5.53. The molecule has 9 heteroatoms. The monoisotopic (exact) mass is 471 g/mol. The van der Waals surface area contributed by atoms with Crippen LogP contribution in [0.15, 0.2) is 36.9 Å². The van der Waals surface area contributed by atoms with Crippen LogP contribution >= 0.6 is 0 Å². The third kappa shape index (κ3) is 3.99. The first-order chi connectivity index (χ1) is 17.1. The number of carbonyl (C=O) groups is 1. The first-order valence-electron chi connectivity index (χ1n) is 12.3. The SMILES string of the molecule is C[C@H]1CC[C@H](n2c3cnccc3c3cnc(Nc4cc5c(cn4)CN(C(=O)CO)CC5)nc32)CC1. The minimum atomic E-state index is -0.463. The fourth-order valence-electron chi connectivity index (χ4n) is 5.53. The Morgan fingerprint density at radius 2 is 1.97 bits per heavy atom. The average Bonchev–Trinajstić information content (AvgIpc) is 3.22. The van der Waals surface area contributed by atoms with Gasteiger partial charge in [-0.25, -0.2) is 9.97 Å². The van der Waals surface area contributed by atoms with Crippen LogP contribution in [0.3, 0.4) is 0 Å². The maximum atomic E-state index is 11.8. The predicted molar refractivity (Wildman–Crippen MR) is 133 cm³/mol. The average molecular weight is 472 g/mol. The highest BCUT2D eigenvalue weighted by Gasteiger charge is 2.25. The van der Waals surface area contributed by atoms with E-state index in [0.29, 0.717) is 30.9 Å². The van der Waals surface area contributed by atoms with Crippen LogP contribution in [0, 0.1) is 5.92 Å². The van der Waals surface area contributed by atoms with Gasteiger partial charge in [0.15, 0.2) is 0 Å². The van der Waals surface area contributed by atoms with Crippen molar-refractivity contribution < 1.29 is 9.90 Å². The number of aliphatic hydroxyl groups excluding tert-OH is 1. The highest BCUT2D eigenvalue weighted by Crippen LogP contribution is 2.38. The zero-order valence-corrected chi connectivity index (χ0v) is 19.8. The quantitative estimate of drug-likeness (QED) is 0.467. The van der Waals surface area contributed by atoms with Gasteiger partial charge in [0.25, 0.3) is 0 Å². The Labute approximate surface area is 203 Å². The molecule has 0 radical (unpaired) electrons. The van der Waals surface area contributed by atoms with E-state index in [1.54, 1.807) is 11.1 Å². The van der Waals surface area contributed by atoms with Crippen molar-refractivity contribution in [1.82, 2.24) is 29.4 Å². The van der Waals surface area contributed by atoms with Crippen LogP contribution in [0.1, 0.15) is 49.8 Å². The van der Waals surface area contributed by atoms with Gasteiger partial charge in [-0.2, -0.15) is 4.98 Å². The maximum Gasteiger partial charge on any atom is 0.248 e. The van der Waals surface area contributed by atoms with E-state index in [4.69, 9.17) is 10.1 Å². The number of nitrogens with one attached hydrogen (secondary N) is 1. The van der Waals surface area contributed by atoms with Gasteiger partial charge in [-0.1, -0.05) is 6.92 Å². The molecule has 0 spiro atoms. The second-order valence-corrected chi connectivity index (χ2v) is 9.79. The van der Waals surface area contributed by atoms with Gasteiger partial charge < -0.3 is 19.9 Å². The van der Waals surface area contributed by atoms with Gasteiger partial charge in [-0.15, -0.1) is 0 Å². The summed E-state index contributed by atoms with van der Waals surface area (Å²) in [6.07, 6.45) is 12.9. The zero-order valence-electron chi connectivity index (χ0n) is 19.8. The molecular weight excluding hydrogens is 442 g/mol. The number of fused-ring (bicyclic) bond motifs is 4. The Morgan fingerprint density at radius 1 is 1.11 bits per heavy atom. The molecule has 1 aliphatic heterocycles. The van der Waals surface area contributed by atoms with E-state index in [9.17, 15) is 4.79 Å². The molecule has 0 bridgehead atoms. The Bertz CT molecular complexity index is 1410. The number of carbonyl (C=O) groups excluding carboxylic acids is 1. The van der Waals surface area contributed by atoms with Crippen molar-refractivity contribution in [3.63, 3.8) is 0 Å². The molecule has 4 aromatic rings. The molecule has 6 rings (SSSR count). The molecule has 35 heavy (non-hydrogen) atoms. The smallest absolute Gasteiger partial charge is 0.248 e. The zero-order chi connectivity index (χ0) is 23.9.